The molecule has 2 aliphatic heterocycles. The van der Waals surface area contributed by atoms with E-state index in [1.54, 1.807) is 16.8 Å². The molecule has 28 heavy (non-hydrogen) atoms. The van der Waals surface area contributed by atoms with Crippen molar-refractivity contribution in [2.75, 3.05) is 26.2 Å². The summed E-state index contributed by atoms with van der Waals surface area (Å²) in [5.74, 6) is 1.09. The lowest BCUT2D eigenvalue weighted by Gasteiger charge is -2.20. The molecular weight excluding hydrogens is 379 g/mol. The first-order valence-corrected chi connectivity index (χ1v) is 10.1. The molecular formula is C21H26ClFN4O. The van der Waals surface area contributed by atoms with Crippen LogP contribution in [0.5, 0.6) is 0 Å². The van der Waals surface area contributed by atoms with Crippen LogP contribution in [0.15, 0.2) is 24.3 Å². The van der Waals surface area contributed by atoms with E-state index in [-0.39, 0.29) is 24.1 Å². The highest BCUT2D eigenvalue weighted by Gasteiger charge is 2.34. The number of rotatable bonds is 2. The third kappa shape index (κ3) is 3.22. The first-order chi connectivity index (χ1) is 13.2. The van der Waals surface area contributed by atoms with Crippen molar-refractivity contribution in [2.24, 2.45) is 11.8 Å². The molecule has 2 saturated heterocycles. The van der Waals surface area contributed by atoms with Crippen LogP contribution in [0.2, 0.25) is 0 Å². The van der Waals surface area contributed by atoms with Crippen LogP contribution in [0, 0.1) is 17.7 Å². The summed E-state index contributed by atoms with van der Waals surface area (Å²) < 4.78 is 16.0. The number of para-hydroxylation sites is 1. The van der Waals surface area contributed by atoms with Gasteiger partial charge in [-0.2, -0.15) is 5.10 Å². The van der Waals surface area contributed by atoms with Gasteiger partial charge in [0.25, 0.3) is 5.91 Å². The highest BCUT2D eigenvalue weighted by molar-refractivity contribution is 5.94. The molecule has 150 valence electrons. The molecule has 1 N–H and O–H groups in total. The number of carbonyl (C=O) groups excluding carboxylic acids is 1. The minimum Gasteiger partial charge on any atom is -0.337 e. The lowest BCUT2D eigenvalue weighted by molar-refractivity contribution is 0.0751. The Labute approximate surface area is 170 Å². The van der Waals surface area contributed by atoms with Gasteiger partial charge in [-0.25, -0.2) is 9.07 Å². The van der Waals surface area contributed by atoms with Gasteiger partial charge in [-0.15, -0.1) is 12.4 Å². The zero-order valence-corrected chi connectivity index (χ0v) is 16.7. The molecule has 1 aliphatic carbocycles. The van der Waals surface area contributed by atoms with E-state index in [1.807, 2.05) is 11.0 Å². The number of benzene rings is 1. The summed E-state index contributed by atoms with van der Waals surface area (Å²) in [6, 6.07) is 6.67. The Morgan fingerprint density at radius 2 is 1.82 bits per heavy atom. The Bertz CT molecular complexity index is 869. The van der Waals surface area contributed by atoms with Gasteiger partial charge in [0.05, 0.1) is 0 Å². The Morgan fingerprint density at radius 1 is 1.11 bits per heavy atom. The van der Waals surface area contributed by atoms with Crippen LogP contribution >= 0.6 is 12.4 Å². The van der Waals surface area contributed by atoms with E-state index in [9.17, 15) is 9.18 Å². The van der Waals surface area contributed by atoms with Crippen LogP contribution in [0.25, 0.3) is 5.69 Å². The standard InChI is InChI=1S/C21H25FN4O.ClH/c22-17-5-1-2-6-19(17)26-18-7-3-4-16(18)20(24-26)21(27)25-10-8-14-12-23-13-15(14)9-11-25;/h1-2,5-6,14-15,23H,3-4,7-13H2;1H/t14-,15+;. The van der Waals surface area contributed by atoms with Gasteiger partial charge in [-0.05, 0) is 69.2 Å². The third-order valence-corrected chi connectivity index (χ3v) is 6.52. The van der Waals surface area contributed by atoms with Crippen molar-refractivity contribution in [1.29, 1.82) is 0 Å². The summed E-state index contributed by atoms with van der Waals surface area (Å²) in [7, 11) is 0. The molecule has 5 nitrogen and oxygen atoms in total. The van der Waals surface area contributed by atoms with Crippen molar-refractivity contribution >= 4 is 18.3 Å². The van der Waals surface area contributed by atoms with E-state index in [4.69, 9.17) is 0 Å². The fourth-order valence-corrected chi connectivity index (χ4v) is 5.00. The Kier molecular flexibility index (Phi) is 5.43. The van der Waals surface area contributed by atoms with Gasteiger partial charge in [0.2, 0.25) is 0 Å². The van der Waals surface area contributed by atoms with Crippen molar-refractivity contribution in [3.8, 4) is 5.69 Å². The van der Waals surface area contributed by atoms with Gasteiger partial charge in [0.1, 0.15) is 11.5 Å². The SMILES string of the molecule is Cl.O=C(c1nn(-c2ccccc2F)c2c1CCC2)N1CC[C@@H]2CNC[C@@H]2CC1. The number of hydrogen-bond donors (Lipinski definition) is 1. The van der Waals surface area contributed by atoms with Crippen LogP contribution in [0.3, 0.4) is 0 Å². The summed E-state index contributed by atoms with van der Waals surface area (Å²) in [6.07, 6.45) is 4.81. The van der Waals surface area contributed by atoms with E-state index in [0.717, 1.165) is 69.5 Å². The fourth-order valence-electron chi connectivity index (χ4n) is 5.00. The van der Waals surface area contributed by atoms with Crippen molar-refractivity contribution in [1.82, 2.24) is 20.0 Å². The van der Waals surface area contributed by atoms with Crippen LogP contribution in [-0.4, -0.2) is 46.8 Å². The second kappa shape index (κ2) is 7.84. The van der Waals surface area contributed by atoms with Crippen LogP contribution < -0.4 is 5.32 Å². The molecule has 0 unspecified atom stereocenters. The van der Waals surface area contributed by atoms with E-state index >= 15 is 0 Å². The number of likely N-dealkylation sites (tertiary alicyclic amines) is 1. The summed E-state index contributed by atoms with van der Waals surface area (Å²) in [6.45, 7) is 3.74. The highest BCUT2D eigenvalue weighted by Crippen LogP contribution is 2.31. The largest absolute Gasteiger partial charge is 0.337 e. The number of fused-ring (bicyclic) bond motifs is 2. The zero-order valence-electron chi connectivity index (χ0n) is 15.9. The van der Waals surface area contributed by atoms with E-state index in [2.05, 4.69) is 10.4 Å². The lowest BCUT2D eigenvalue weighted by Crippen LogP contribution is -2.33. The van der Waals surface area contributed by atoms with Gasteiger partial charge < -0.3 is 10.2 Å². The lowest BCUT2D eigenvalue weighted by atomic mass is 9.92. The van der Waals surface area contributed by atoms with Crippen molar-refractivity contribution in [2.45, 2.75) is 32.1 Å². The van der Waals surface area contributed by atoms with Crippen LogP contribution in [-0.2, 0) is 12.8 Å². The number of aromatic nitrogens is 2. The van der Waals surface area contributed by atoms with Crippen LogP contribution in [0.1, 0.15) is 41.0 Å². The van der Waals surface area contributed by atoms with Crippen molar-refractivity contribution in [3.05, 3.63) is 47.0 Å². The van der Waals surface area contributed by atoms with Gasteiger partial charge in [0, 0.05) is 24.3 Å². The average molecular weight is 405 g/mol. The quantitative estimate of drug-likeness (QED) is 0.837. The Morgan fingerprint density at radius 3 is 2.54 bits per heavy atom. The predicted molar refractivity (Wildman–Crippen MR) is 108 cm³/mol. The van der Waals surface area contributed by atoms with Gasteiger partial charge in [0.15, 0.2) is 5.69 Å². The topological polar surface area (TPSA) is 50.2 Å². The minimum atomic E-state index is -0.302. The molecule has 5 rings (SSSR count). The van der Waals surface area contributed by atoms with E-state index in [1.165, 1.54) is 6.07 Å². The predicted octanol–water partition coefficient (Wildman–Crippen LogP) is 2.99. The average Bonchev–Trinajstić information content (AvgIpc) is 3.36. The molecule has 0 spiro atoms. The Balaban J connectivity index is 0.00000192. The van der Waals surface area contributed by atoms with Crippen molar-refractivity contribution < 1.29 is 9.18 Å². The first-order valence-electron chi connectivity index (χ1n) is 10.1. The van der Waals surface area contributed by atoms with E-state index < -0.39 is 0 Å². The number of amides is 1. The second-order valence-electron chi connectivity index (χ2n) is 8.04. The molecule has 3 heterocycles. The van der Waals surface area contributed by atoms with Crippen LogP contribution in [0.4, 0.5) is 4.39 Å². The molecule has 2 fully saturated rings. The summed E-state index contributed by atoms with van der Waals surface area (Å²) in [4.78, 5) is 15.3. The van der Waals surface area contributed by atoms with Gasteiger partial charge in [-0.1, -0.05) is 12.1 Å². The van der Waals surface area contributed by atoms with E-state index in [0.29, 0.717) is 23.2 Å². The van der Waals surface area contributed by atoms with Gasteiger partial charge in [-0.3, -0.25) is 4.79 Å². The summed E-state index contributed by atoms with van der Waals surface area (Å²) in [5.41, 5.74) is 3.00. The molecule has 1 amide bonds. The minimum absolute atomic E-state index is 0. The molecule has 2 atom stereocenters. The number of carbonyl (C=O) groups is 1. The molecule has 0 radical (unpaired) electrons. The normalized spacial score (nSPS) is 23.7. The molecule has 1 aromatic carbocycles. The molecule has 0 bridgehead atoms. The molecule has 7 heteroatoms. The molecule has 3 aliphatic rings. The number of nitrogens with one attached hydrogen (secondary N) is 1. The summed E-state index contributed by atoms with van der Waals surface area (Å²) >= 11 is 0. The maximum absolute atomic E-state index is 14.3. The maximum Gasteiger partial charge on any atom is 0.274 e. The molecule has 0 saturated carbocycles. The zero-order chi connectivity index (χ0) is 18.4. The van der Waals surface area contributed by atoms with Crippen molar-refractivity contribution in [3.63, 3.8) is 0 Å². The molecule has 2 aromatic rings. The van der Waals surface area contributed by atoms with Gasteiger partial charge >= 0.3 is 0 Å². The third-order valence-electron chi connectivity index (χ3n) is 6.52. The molecule has 1 aromatic heterocycles. The number of halogens is 2. The monoisotopic (exact) mass is 404 g/mol. The maximum atomic E-state index is 14.3. The smallest absolute Gasteiger partial charge is 0.274 e. The first kappa shape index (κ1) is 19.4. The number of nitrogens with zero attached hydrogens (tertiary/aromatic N) is 3. The fraction of sp³-hybridized carbons (Fsp3) is 0.524. The second-order valence-corrected chi connectivity index (χ2v) is 8.04. The Hall–Kier alpha value is -1.92. The summed E-state index contributed by atoms with van der Waals surface area (Å²) in [5, 5.41) is 8.09. The number of hydrogen-bond acceptors (Lipinski definition) is 3. The highest BCUT2D eigenvalue weighted by atomic mass is 35.5.